The molecule has 0 aromatic carbocycles. The predicted molar refractivity (Wildman–Crippen MR) is 46.8 cm³/mol. The van der Waals surface area contributed by atoms with E-state index in [-0.39, 0.29) is 0 Å². The highest BCUT2D eigenvalue weighted by Gasteiger charge is 2.12. The number of nitriles is 2. The number of carbonyl (C=O) groups excluding carboxylic acids is 1. The molecule has 1 unspecified atom stereocenters. The van der Waals surface area contributed by atoms with Gasteiger partial charge in [0.2, 0.25) is 0 Å². The molecular formula is C6H6N2O2S2. The molecular weight excluding hydrogens is 196 g/mol. The molecule has 12 heavy (non-hydrogen) atoms. The van der Waals surface area contributed by atoms with E-state index in [9.17, 15) is 4.79 Å². The Kier molecular flexibility index (Phi) is 6.35. The molecule has 0 bridgehead atoms. The normalized spacial score (nSPS) is 10.9. The van der Waals surface area contributed by atoms with Crippen LogP contribution in [0.4, 0.5) is 0 Å². The third kappa shape index (κ3) is 5.90. The number of hydrogen-bond acceptors (Lipinski definition) is 6. The van der Waals surface area contributed by atoms with Gasteiger partial charge in [-0.05, 0) is 23.5 Å². The number of esters is 1. The van der Waals surface area contributed by atoms with E-state index in [0.29, 0.717) is 5.75 Å². The molecule has 0 fully saturated rings. The highest BCUT2D eigenvalue weighted by Crippen LogP contribution is 2.15. The van der Waals surface area contributed by atoms with Gasteiger partial charge in [-0.15, -0.1) is 0 Å². The standard InChI is InChI=1S/C6H6N2O2S2/c1-5(9)10-6(12-4-8)2-11-3-7/h6H,2H2,1H3. The molecule has 0 aliphatic rings. The Hall–Kier alpha value is -0.850. The van der Waals surface area contributed by atoms with Gasteiger partial charge in [-0.25, -0.2) is 0 Å². The van der Waals surface area contributed by atoms with Crippen molar-refractivity contribution in [2.24, 2.45) is 0 Å². The van der Waals surface area contributed by atoms with E-state index in [2.05, 4.69) is 0 Å². The molecule has 0 saturated carbocycles. The van der Waals surface area contributed by atoms with E-state index in [1.54, 1.807) is 5.40 Å². The van der Waals surface area contributed by atoms with Gasteiger partial charge in [0.05, 0.1) is 5.75 Å². The van der Waals surface area contributed by atoms with E-state index in [1.165, 1.54) is 6.92 Å². The Morgan fingerprint density at radius 1 is 1.58 bits per heavy atom. The number of thiocyanates is 2. The lowest BCUT2D eigenvalue weighted by Gasteiger charge is -2.09. The zero-order chi connectivity index (χ0) is 9.40. The topological polar surface area (TPSA) is 73.9 Å². The fourth-order valence-electron chi connectivity index (χ4n) is 0.441. The molecule has 0 amide bonds. The quantitative estimate of drug-likeness (QED) is 0.388. The smallest absolute Gasteiger partial charge is 0.303 e. The van der Waals surface area contributed by atoms with Gasteiger partial charge in [-0.1, -0.05) is 0 Å². The molecule has 0 aliphatic heterocycles. The van der Waals surface area contributed by atoms with Crippen LogP contribution in [0.5, 0.6) is 0 Å². The van der Waals surface area contributed by atoms with Crippen molar-refractivity contribution < 1.29 is 9.53 Å². The Bertz CT molecular complexity index is 231. The summed E-state index contributed by atoms with van der Waals surface area (Å²) in [5.41, 5.74) is -0.544. The molecule has 1 atom stereocenters. The van der Waals surface area contributed by atoms with E-state index in [1.807, 2.05) is 5.40 Å². The molecule has 0 rings (SSSR count). The van der Waals surface area contributed by atoms with E-state index in [0.717, 1.165) is 23.5 Å². The maximum absolute atomic E-state index is 10.5. The molecule has 4 nitrogen and oxygen atoms in total. The zero-order valence-electron chi connectivity index (χ0n) is 6.31. The monoisotopic (exact) mass is 202 g/mol. The SMILES string of the molecule is CC(=O)OC(CSC#N)SC#N. The van der Waals surface area contributed by atoms with Crippen molar-refractivity contribution >= 4 is 29.5 Å². The Labute approximate surface area is 78.9 Å². The highest BCUT2D eigenvalue weighted by atomic mass is 32.2. The van der Waals surface area contributed by atoms with Crippen molar-refractivity contribution in [1.82, 2.24) is 0 Å². The largest absolute Gasteiger partial charge is 0.449 e. The molecule has 0 spiro atoms. The van der Waals surface area contributed by atoms with Crippen LogP contribution in [0.1, 0.15) is 6.92 Å². The summed E-state index contributed by atoms with van der Waals surface area (Å²) >= 11 is 1.79. The summed E-state index contributed by atoms with van der Waals surface area (Å²) in [7, 11) is 0. The number of nitrogens with zero attached hydrogens (tertiary/aromatic N) is 2. The zero-order valence-corrected chi connectivity index (χ0v) is 7.94. The van der Waals surface area contributed by atoms with Crippen molar-refractivity contribution in [3.63, 3.8) is 0 Å². The third-order valence-corrected chi connectivity index (χ3v) is 2.21. The summed E-state index contributed by atoms with van der Waals surface area (Å²) in [6.45, 7) is 1.27. The molecule has 0 aliphatic carbocycles. The molecule has 0 radical (unpaired) electrons. The van der Waals surface area contributed by atoms with Crippen molar-refractivity contribution in [3.05, 3.63) is 0 Å². The first-order valence-electron chi connectivity index (χ1n) is 2.93. The minimum Gasteiger partial charge on any atom is -0.449 e. The number of hydrogen-bond donors (Lipinski definition) is 0. The molecule has 64 valence electrons. The molecule has 0 aromatic heterocycles. The lowest BCUT2D eigenvalue weighted by atomic mass is 10.7. The second kappa shape index (κ2) is 6.84. The van der Waals surface area contributed by atoms with Gasteiger partial charge in [0.1, 0.15) is 10.8 Å². The fourth-order valence-corrected chi connectivity index (χ4v) is 1.50. The van der Waals surface area contributed by atoms with Crippen molar-refractivity contribution in [2.45, 2.75) is 12.4 Å². The van der Waals surface area contributed by atoms with Crippen molar-refractivity contribution in [1.29, 1.82) is 10.5 Å². The summed E-state index contributed by atoms with van der Waals surface area (Å²) in [5.74, 6) is -0.129. The highest BCUT2D eigenvalue weighted by molar-refractivity contribution is 8.07. The molecule has 6 heteroatoms. The van der Waals surface area contributed by atoms with Crippen LogP contribution < -0.4 is 0 Å². The van der Waals surface area contributed by atoms with Gasteiger partial charge in [-0.2, -0.15) is 10.5 Å². The van der Waals surface area contributed by atoms with Gasteiger partial charge in [0.25, 0.3) is 0 Å². The van der Waals surface area contributed by atoms with Gasteiger partial charge < -0.3 is 4.74 Å². The summed E-state index contributed by atoms with van der Waals surface area (Å²) < 4.78 is 4.72. The summed E-state index contributed by atoms with van der Waals surface area (Å²) in [5, 5.41) is 20.1. The van der Waals surface area contributed by atoms with Crippen LogP contribution in [0, 0.1) is 21.3 Å². The van der Waals surface area contributed by atoms with Crippen molar-refractivity contribution in [2.75, 3.05) is 5.75 Å². The second-order valence-corrected chi connectivity index (χ2v) is 3.40. The Balaban J connectivity index is 3.81. The second-order valence-electron chi connectivity index (χ2n) is 1.65. The summed E-state index contributed by atoms with van der Waals surface area (Å²) in [4.78, 5) is 10.5. The first-order valence-corrected chi connectivity index (χ1v) is 4.80. The average molecular weight is 202 g/mol. The lowest BCUT2D eigenvalue weighted by Crippen LogP contribution is -2.14. The minimum absolute atomic E-state index is 0.314. The lowest BCUT2D eigenvalue weighted by molar-refractivity contribution is -0.141. The number of thioether (sulfide) groups is 2. The summed E-state index contributed by atoms with van der Waals surface area (Å²) in [6.07, 6.45) is 0. The molecule has 0 aromatic rings. The van der Waals surface area contributed by atoms with E-state index in [4.69, 9.17) is 15.3 Å². The van der Waals surface area contributed by atoms with E-state index >= 15 is 0 Å². The van der Waals surface area contributed by atoms with Crippen LogP contribution in [0.2, 0.25) is 0 Å². The Morgan fingerprint density at radius 2 is 2.25 bits per heavy atom. The van der Waals surface area contributed by atoms with Crippen LogP contribution in [-0.2, 0) is 9.53 Å². The number of rotatable bonds is 4. The Morgan fingerprint density at radius 3 is 2.67 bits per heavy atom. The molecule has 0 saturated heterocycles. The van der Waals surface area contributed by atoms with Crippen LogP contribution in [-0.4, -0.2) is 17.2 Å². The maximum atomic E-state index is 10.5. The number of carbonyl (C=O) groups is 1. The maximum Gasteiger partial charge on any atom is 0.303 e. The first kappa shape index (κ1) is 11.2. The van der Waals surface area contributed by atoms with Gasteiger partial charge in [-0.3, -0.25) is 4.79 Å². The third-order valence-electron chi connectivity index (χ3n) is 0.766. The van der Waals surface area contributed by atoms with Crippen LogP contribution in [0.25, 0.3) is 0 Å². The summed E-state index contributed by atoms with van der Waals surface area (Å²) in [6, 6.07) is 0. The van der Waals surface area contributed by atoms with Gasteiger partial charge in [0, 0.05) is 6.92 Å². The minimum atomic E-state index is -0.544. The van der Waals surface area contributed by atoms with Crippen molar-refractivity contribution in [3.8, 4) is 10.8 Å². The molecule has 0 heterocycles. The fraction of sp³-hybridized carbons (Fsp3) is 0.500. The van der Waals surface area contributed by atoms with Crippen LogP contribution >= 0.6 is 23.5 Å². The number of ether oxygens (including phenoxy) is 1. The van der Waals surface area contributed by atoms with Gasteiger partial charge in [0.15, 0.2) is 5.44 Å². The van der Waals surface area contributed by atoms with Crippen LogP contribution in [0.15, 0.2) is 0 Å². The average Bonchev–Trinajstić information content (AvgIpc) is 2.00. The first-order chi connectivity index (χ1) is 5.70. The molecule has 0 N–H and O–H groups in total. The van der Waals surface area contributed by atoms with E-state index < -0.39 is 11.4 Å². The van der Waals surface area contributed by atoms with Crippen LogP contribution in [0.3, 0.4) is 0 Å². The van der Waals surface area contributed by atoms with Gasteiger partial charge >= 0.3 is 5.97 Å². The predicted octanol–water partition coefficient (Wildman–Crippen LogP) is 1.30.